The molecule has 0 heterocycles. The van der Waals surface area contributed by atoms with Crippen LogP contribution in [0, 0.1) is 13.8 Å². The van der Waals surface area contributed by atoms with Crippen molar-refractivity contribution in [1.82, 2.24) is 0 Å². The SMILES string of the molecule is CN=[S@@](=O)(OC/C=C/CO[S@@](=O)(=NC)c1ccc(C)cc1)c1ccc(C)cc1. The van der Waals surface area contributed by atoms with Crippen molar-refractivity contribution in [1.29, 1.82) is 0 Å². The first kappa shape index (κ1) is 22.3. The summed E-state index contributed by atoms with van der Waals surface area (Å²) in [5, 5.41) is 0. The van der Waals surface area contributed by atoms with Crippen LogP contribution in [0.25, 0.3) is 0 Å². The first-order valence-electron chi connectivity index (χ1n) is 8.70. The summed E-state index contributed by atoms with van der Waals surface area (Å²) in [6.45, 7) is 4.08. The minimum absolute atomic E-state index is 0.0857. The Morgan fingerprint density at radius 2 is 1.04 bits per heavy atom. The average Bonchev–Trinajstić information content (AvgIpc) is 2.71. The van der Waals surface area contributed by atoms with Crippen molar-refractivity contribution in [2.75, 3.05) is 27.3 Å². The van der Waals surface area contributed by atoms with Crippen molar-refractivity contribution >= 4 is 20.0 Å². The van der Waals surface area contributed by atoms with E-state index in [-0.39, 0.29) is 13.2 Å². The summed E-state index contributed by atoms with van der Waals surface area (Å²) in [7, 11) is -2.93. The highest BCUT2D eigenvalue weighted by Gasteiger charge is 2.12. The van der Waals surface area contributed by atoms with Gasteiger partial charge in [0.1, 0.15) is 0 Å². The Balaban J connectivity index is 1.94. The smallest absolute Gasteiger partial charge is 0.193 e. The van der Waals surface area contributed by atoms with Crippen LogP contribution in [0.5, 0.6) is 0 Å². The predicted molar refractivity (Wildman–Crippen MR) is 113 cm³/mol. The minimum Gasteiger partial charge on any atom is -0.277 e. The molecular weight excluding hydrogens is 396 g/mol. The maximum atomic E-state index is 12.8. The third-order valence-corrected chi connectivity index (χ3v) is 7.54. The average molecular weight is 423 g/mol. The van der Waals surface area contributed by atoms with Gasteiger partial charge in [-0.3, -0.25) is 8.37 Å². The second-order valence-corrected chi connectivity index (χ2v) is 10.0. The Bertz CT molecular complexity index is 957. The summed E-state index contributed by atoms with van der Waals surface area (Å²) >= 11 is 0. The molecule has 0 bridgehead atoms. The molecule has 2 rings (SSSR count). The second kappa shape index (κ2) is 9.97. The van der Waals surface area contributed by atoms with Gasteiger partial charge in [-0.25, -0.2) is 17.1 Å². The lowest BCUT2D eigenvalue weighted by Gasteiger charge is -2.10. The molecule has 152 valence electrons. The lowest BCUT2D eigenvalue weighted by molar-refractivity contribution is 0.373. The Morgan fingerprint density at radius 3 is 1.32 bits per heavy atom. The lowest BCUT2D eigenvalue weighted by Crippen LogP contribution is -2.08. The zero-order valence-corrected chi connectivity index (χ0v) is 18.2. The molecule has 0 aromatic heterocycles. The van der Waals surface area contributed by atoms with E-state index in [0.29, 0.717) is 9.79 Å². The van der Waals surface area contributed by atoms with Crippen LogP contribution in [0.2, 0.25) is 0 Å². The number of benzene rings is 2. The molecule has 2 aromatic carbocycles. The minimum atomic E-state index is -2.93. The monoisotopic (exact) mass is 422 g/mol. The molecule has 2 atom stereocenters. The molecular formula is C20H26N2O4S2. The van der Waals surface area contributed by atoms with Gasteiger partial charge in [-0.05, 0) is 38.1 Å². The Morgan fingerprint density at radius 1 is 0.714 bits per heavy atom. The fourth-order valence-corrected chi connectivity index (χ4v) is 4.66. The van der Waals surface area contributed by atoms with Crippen LogP contribution in [-0.4, -0.2) is 35.7 Å². The van der Waals surface area contributed by atoms with E-state index in [1.54, 1.807) is 36.4 Å². The summed E-state index contributed by atoms with van der Waals surface area (Å²) < 4.78 is 44.4. The molecule has 0 amide bonds. The van der Waals surface area contributed by atoms with Crippen LogP contribution in [0.1, 0.15) is 11.1 Å². The first-order valence-corrected chi connectivity index (χ1v) is 11.6. The normalized spacial score (nSPS) is 15.7. The Kier molecular flexibility index (Phi) is 7.94. The quantitative estimate of drug-likeness (QED) is 0.593. The predicted octanol–water partition coefficient (Wildman–Crippen LogP) is 4.34. The van der Waals surface area contributed by atoms with E-state index in [1.165, 1.54) is 14.1 Å². The summed E-state index contributed by atoms with van der Waals surface area (Å²) in [5.41, 5.74) is 2.13. The maximum Gasteiger partial charge on any atom is 0.193 e. The molecule has 0 spiro atoms. The topological polar surface area (TPSA) is 77.3 Å². The molecule has 0 fully saturated rings. The van der Waals surface area contributed by atoms with Gasteiger partial charge in [0.2, 0.25) is 0 Å². The van der Waals surface area contributed by atoms with E-state index in [9.17, 15) is 8.42 Å². The molecule has 0 unspecified atom stereocenters. The van der Waals surface area contributed by atoms with Gasteiger partial charge >= 0.3 is 0 Å². The Labute approximate surface area is 168 Å². The third-order valence-electron chi connectivity index (χ3n) is 3.93. The zero-order chi connectivity index (χ0) is 20.6. The van der Waals surface area contributed by atoms with Crippen LogP contribution in [0.3, 0.4) is 0 Å². The van der Waals surface area contributed by atoms with E-state index in [2.05, 4.69) is 8.73 Å². The maximum absolute atomic E-state index is 12.8. The molecule has 0 saturated heterocycles. The van der Waals surface area contributed by atoms with Crippen LogP contribution in [-0.2, 0) is 28.4 Å². The molecule has 0 N–H and O–H groups in total. The van der Waals surface area contributed by atoms with Crippen molar-refractivity contribution < 1.29 is 16.8 Å². The highest BCUT2D eigenvalue weighted by Crippen LogP contribution is 2.17. The lowest BCUT2D eigenvalue weighted by atomic mass is 10.2. The van der Waals surface area contributed by atoms with Crippen LogP contribution < -0.4 is 0 Å². The second-order valence-electron chi connectivity index (χ2n) is 5.98. The fourth-order valence-electron chi connectivity index (χ4n) is 2.27. The summed E-state index contributed by atoms with van der Waals surface area (Å²) in [6, 6.07) is 14.4. The molecule has 6 nitrogen and oxygen atoms in total. The number of hydrogen-bond donors (Lipinski definition) is 0. The van der Waals surface area contributed by atoms with Gasteiger partial charge in [0.25, 0.3) is 0 Å². The highest BCUT2D eigenvalue weighted by molar-refractivity contribution is 7.89. The van der Waals surface area contributed by atoms with Crippen molar-refractivity contribution in [3.63, 3.8) is 0 Å². The van der Waals surface area contributed by atoms with E-state index < -0.39 is 20.0 Å². The molecule has 8 heteroatoms. The van der Waals surface area contributed by atoms with Crippen LogP contribution in [0.15, 0.2) is 79.2 Å². The van der Waals surface area contributed by atoms with Gasteiger partial charge in [-0.2, -0.15) is 0 Å². The van der Waals surface area contributed by atoms with Crippen LogP contribution >= 0.6 is 0 Å². The van der Waals surface area contributed by atoms with Crippen molar-refractivity contribution in [2.24, 2.45) is 8.73 Å². The Hall–Kier alpha value is -2.00. The molecule has 0 aliphatic carbocycles. The number of rotatable bonds is 8. The molecule has 28 heavy (non-hydrogen) atoms. The summed E-state index contributed by atoms with van der Waals surface area (Å²) in [4.78, 5) is 1.05. The van der Waals surface area contributed by atoms with Crippen molar-refractivity contribution in [3.8, 4) is 0 Å². The van der Waals surface area contributed by atoms with Gasteiger partial charge in [0, 0.05) is 14.1 Å². The fraction of sp³-hybridized carbons (Fsp3) is 0.300. The molecule has 0 aliphatic rings. The first-order chi connectivity index (χ1) is 13.3. The zero-order valence-electron chi connectivity index (χ0n) is 16.5. The van der Waals surface area contributed by atoms with Gasteiger partial charge in [-0.15, -0.1) is 0 Å². The number of aryl methyl sites for hydroxylation is 2. The van der Waals surface area contributed by atoms with Crippen LogP contribution in [0.4, 0.5) is 0 Å². The summed E-state index contributed by atoms with van der Waals surface area (Å²) in [6.07, 6.45) is 3.31. The van der Waals surface area contributed by atoms with E-state index in [4.69, 9.17) is 8.37 Å². The van der Waals surface area contributed by atoms with E-state index in [0.717, 1.165) is 11.1 Å². The molecule has 0 radical (unpaired) electrons. The van der Waals surface area contributed by atoms with Gasteiger partial charge in [-0.1, -0.05) is 47.5 Å². The van der Waals surface area contributed by atoms with Crippen molar-refractivity contribution in [2.45, 2.75) is 23.6 Å². The highest BCUT2D eigenvalue weighted by atomic mass is 32.2. The molecule has 0 aliphatic heterocycles. The van der Waals surface area contributed by atoms with E-state index >= 15 is 0 Å². The van der Waals surface area contributed by atoms with Gasteiger partial charge < -0.3 is 0 Å². The van der Waals surface area contributed by atoms with Gasteiger partial charge in [0.15, 0.2) is 20.0 Å². The van der Waals surface area contributed by atoms with Crippen molar-refractivity contribution in [3.05, 3.63) is 71.8 Å². The van der Waals surface area contributed by atoms with Gasteiger partial charge in [0.05, 0.1) is 23.0 Å². The van der Waals surface area contributed by atoms with E-state index in [1.807, 2.05) is 38.1 Å². The third kappa shape index (κ3) is 5.75. The largest absolute Gasteiger partial charge is 0.277 e. The molecule has 0 saturated carbocycles. The number of nitrogens with zero attached hydrogens (tertiary/aromatic N) is 2. The molecule has 2 aromatic rings. The standard InChI is InChI=1S/C20H26N2O4S2/c1-17-7-11-19(12-8-17)27(23,21-3)25-15-5-6-16-26-28(24,22-4)20-13-9-18(2)10-14-20/h5-14H,15-16H2,1-4H3/b6-5+/t27-,28+. The number of hydrogen-bond acceptors (Lipinski definition) is 6. The summed E-state index contributed by atoms with van der Waals surface area (Å²) in [5.74, 6) is 0.